The van der Waals surface area contributed by atoms with Crippen molar-refractivity contribution in [3.8, 4) is 0 Å². The molecule has 1 aromatic carbocycles. The van der Waals surface area contributed by atoms with Crippen LogP contribution in [0.5, 0.6) is 0 Å². The van der Waals surface area contributed by atoms with E-state index >= 15 is 0 Å². The topological polar surface area (TPSA) is 88.8 Å². The van der Waals surface area contributed by atoms with E-state index in [9.17, 15) is 0 Å². The summed E-state index contributed by atoms with van der Waals surface area (Å²) in [4.78, 5) is 13.2. The summed E-state index contributed by atoms with van der Waals surface area (Å²) in [5, 5.41) is 7.47. The highest BCUT2D eigenvalue weighted by Gasteiger charge is 2.18. The molecule has 24 heavy (non-hydrogen) atoms. The number of fused-ring (bicyclic) bond motifs is 1. The number of benzene rings is 1. The fraction of sp³-hybridized carbons (Fsp3) is 0.353. The molecular weight excluding hydrogens is 320 g/mol. The second-order valence-corrected chi connectivity index (χ2v) is 7.21. The van der Waals surface area contributed by atoms with Crippen LogP contribution in [-0.2, 0) is 0 Å². The SMILES string of the molecule is Cc1cccc2sc(Nc3ncnc(NC4CCCC4)c3N)nc12. The second kappa shape index (κ2) is 6.24. The molecule has 0 atom stereocenters. The standard InChI is InChI=1S/C17H20N6S/c1-10-5-4-8-12-14(10)22-17(24-12)23-16-13(18)15(19-9-20-16)21-11-6-2-3-7-11/h4-5,8-9,11H,2-3,6-7,18H2,1H3,(H2,19,20,21,22,23). The van der Waals surface area contributed by atoms with E-state index in [0.29, 0.717) is 23.4 Å². The highest BCUT2D eigenvalue weighted by atomic mass is 32.1. The molecule has 0 spiro atoms. The van der Waals surface area contributed by atoms with Gasteiger partial charge in [0.2, 0.25) is 0 Å². The van der Waals surface area contributed by atoms with Crippen LogP contribution >= 0.6 is 11.3 Å². The molecule has 2 heterocycles. The monoisotopic (exact) mass is 340 g/mol. The van der Waals surface area contributed by atoms with Gasteiger partial charge < -0.3 is 16.4 Å². The van der Waals surface area contributed by atoms with Crippen molar-refractivity contribution in [3.05, 3.63) is 30.1 Å². The molecule has 1 aliphatic rings. The van der Waals surface area contributed by atoms with E-state index in [1.165, 1.54) is 32.0 Å². The zero-order chi connectivity index (χ0) is 16.5. The summed E-state index contributed by atoms with van der Waals surface area (Å²) in [6, 6.07) is 6.64. The molecule has 1 fully saturated rings. The summed E-state index contributed by atoms with van der Waals surface area (Å²) in [6.45, 7) is 2.06. The van der Waals surface area contributed by atoms with Gasteiger partial charge in [0.15, 0.2) is 16.8 Å². The van der Waals surface area contributed by atoms with Gasteiger partial charge in [0.05, 0.1) is 10.2 Å². The van der Waals surface area contributed by atoms with E-state index in [4.69, 9.17) is 5.73 Å². The Hall–Kier alpha value is -2.41. The van der Waals surface area contributed by atoms with Gasteiger partial charge in [0.1, 0.15) is 12.0 Å². The maximum atomic E-state index is 6.26. The zero-order valence-corrected chi connectivity index (χ0v) is 14.4. The normalized spacial score (nSPS) is 15.0. The average molecular weight is 340 g/mol. The minimum atomic E-state index is 0.458. The number of anilines is 4. The maximum absolute atomic E-state index is 6.26. The van der Waals surface area contributed by atoms with Crippen LogP contribution in [-0.4, -0.2) is 21.0 Å². The van der Waals surface area contributed by atoms with Crippen molar-refractivity contribution in [1.82, 2.24) is 15.0 Å². The molecular formula is C17H20N6S. The predicted octanol–water partition coefficient (Wildman–Crippen LogP) is 4.08. The summed E-state index contributed by atoms with van der Waals surface area (Å²) >= 11 is 1.60. The lowest BCUT2D eigenvalue weighted by Gasteiger charge is -2.15. The van der Waals surface area contributed by atoms with Gasteiger partial charge in [-0.2, -0.15) is 0 Å². The Labute approximate surface area is 144 Å². The lowest BCUT2D eigenvalue weighted by molar-refractivity contribution is 0.750. The summed E-state index contributed by atoms with van der Waals surface area (Å²) in [6.07, 6.45) is 6.40. The van der Waals surface area contributed by atoms with Crippen LogP contribution in [0.4, 0.5) is 22.5 Å². The third-order valence-corrected chi connectivity index (χ3v) is 5.36. The van der Waals surface area contributed by atoms with Crippen molar-refractivity contribution in [1.29, 1.82) is 0 Å². The van der Waals surface area contributed by atoms with Gasteiger partial charge in [-0.3, -0.25) is 0 Å². The molecule has 1 saturated carbocycles. The average Bonchev–Trinajstić information content (AvgIpc) is 3.21. The molecule has 3 aromatic rings. The van der Waals surface area contributed by atoms with E-state index in [2.05, 4.69) is 44.6 Å². The number of nitrogens with one attached hydrogen (secondary N) is 2. The van der Waals surface area contributed by atoms with E-state index in [1.807, 2.05) is 6.07 Å². The molecule has 0 bridgehead atoms. The van der Waals surface area contributed by atoms with Crippen molar-refractivity contribution < 1.29 is 0 Å². The molecule has 0 saturated heterocycles. The number of aromatic nitrogens is 3. The number of hydrogen-bond acceptors (Lipinski definition) is 7. The predicted molar refractivity (Wildman–Crippen MR) is 100.0 cm³/mol. The molecule has 7 heteroatoms. The van der Waals surface area contributed by atoms with E-state index in [0.717, 1.165) is 20.9 Å². The number of nitrogens with two attached hydrogens (primary N) is 1. The van der Waals surface area contributed by atoms with Gasteiger partial charge in [-0.1, -0.05) is 36.3 Å². The van der Waals surface area contributed by atoms with Crippen LogP contribution in [0.2, 0.25) is 0 Å². The number of hydrogen-bond donors (Lipinski definition) is 3. The minimum absolute atomic E-state index is 0.458. The Morgan fingerprint density at radius 1 is 1.17 bits per heavy atom. The van der Waals surface area contributed by atoms with Crippen molar-refractivity contribution in [3.63, 3.8) is 0 Å². The Balaban J connectivity index is 1.60. The summed E-state index contributed by atoms with van der Waals surface area (Å²) in [5.74, 6) is 1.30. The van der Waals surface area contributed by atoms with Gasteiger partial charge in [-0.25, -0.2) is 15.0 Å². The number of thiazole rings is 1. The third kappa shape index (κ3) is 2.87. The summed E-state index contributed by atoms with van der Waals surface area (Å²) in [7, 11) is 0. The van der Waals surface area contributed by atoms with Crippen molar-refractivity contribution >= 4 is 44.0 Å². The van der Waals surface area contributed by atoms with Gasteiger partial charge >= 0.3 is 0 Å². The number of nitrogens with zero attached hydrogens (tertiary/aromatic N) is 3. The summed E-state index contributed by atoms with van der Waals surface area (Å²) in [5.41, 5.74) is 8.98. The van der Waals surface area contributed by atoms with Crippen molar-refractivity contribution in [2.45, 2.75) is 38.6 Å². The Morgan fingerprint density at radius 2 is 1.96 bits per heavy atom. The van der Waals surface area contributed by atoms with Crippen LogP contribution in [0, 0.1) is 6.92 Å². The molecule has 6 nitrogen and oxygen atoms in total. The number of rotatable bonds is 4. The maximum Gasteiger partial charge on any atom is 0.189 e. The van der Waals surface area contributed by atoms with Crippen molar-refractivity contribution in [2.75, 3.05) is 16.4 Å². The molecule has 0 aliphatic heterocycles. The first-order valence-corrected chi connectivity index (χ1v) is 9.02. The quantitative estimate of drug-likeness (QED) is 0.663. The van der Waals surface area contributed by atoms with Gasteiger partial charge in [-0.05, 0) is 31.4 Å². The summed E-state index contributed by atoms with van der Waals surface area (Å²) < 4.78 is 1.15. The Morgan fingerprint density at radius 3 is 2.75 bits per heavy atom. The van der Waals surface area contributed by atoms with Crippen LogP contribution < -0.4 is 16.4 Å². The molecule has 1 aliphatic carbocycles. The molecule has 0 amide bonds. The Kier molecular flexibility index (Phi) is 3.93. The van der Waals surface area contributed by atoms with Gasteiger partial charge in [0, 0.05) is 6.04 Å². The van der Waals surface area contributed by atoms with Crippen LogP contribution in [0.1, 0.15) is 31.2 Å². The highest BCUT2D eigenvalue weighted by Crippen LogP contribution is 2.33. The van der Waals surface area contributed by atoms with Crippen LogP contribution in [0.25, 0.3) is 10.2 Å². The number of para-hydroxylation sites is 1. The fourth-order valence-electron chi connectivity index (χ4n) is 3.11. The first-order valence-electron chi connectivity index (χ1n) is 8.21. The van der Waals surface area contributed by atoms with Crippen LogP contribution in [0.15, 0.2) is 24.5 Å². The molecule has 0 unspecified atom stereocenters. The molecule has 124 valence electrons. The third-order valence-electron chi connectivity index (χ3n) is 4.43. The molecule has 2 aromatic heterocycles. The van der Waals surface area contributed by atoms with E-state index in [1.54, 1.807) is 11.3 Å². The lowest BCUT2D eigenvalue weighted by Crippen LogP contribution is -2.17. The number of nitrogen functional groups attached to an aromatic ring is 1. The fourth-order valence-corrected chi connectivity index (χ4v) is 4.06. The lowest BCUT2D eigenvalue weighted by atomic mass is 10.2. The largest absolute Gasteiger partial charge is 0.393 e. The van der Waals surface area contributed by atoms with E-state index < -0.39 is 0 Å². The molecule has 0 radical (unpaired) electrons. The first kappa shape index (κ1) is 15.1. The Bertz CT molecular complexity index is 869. The van der Waals surface area contributed by atoms with Gasteiger partial charge in [0.25, 0.3) is 0 Å². The smallest absolute Gasteiger partial charge is 0.189 e. The molecule has 4 rings (SSSR count). The molecule has 4 N–H and O–H groups in total. The highest BCUT2D eigenvalue weighted by molar-refractivity contribution is 7.22. The van der Waals surface area contributed by atoms with Crippen molar-refractivity contribution in [2.24, 2.45) is 0 Å². The minimum Gasteiger partial charge on any atom is -0.393 e. The van der Waals surface area contributed by atoms with E-state index in [-0.39, 0.29) is 0 Å². The number of aryl methyl sites for hydroxylation is 1. The second-order valence-electron chi connectivity index (χ2n) is 6.18. The van der Waals surface area contributed by atoms with Crippen LogP contribution in [0.3, 0.4) is 0 Å². The van der Waals surface area contributed by atoms with Gasteiger partial charge in [-0.15, -0.1) is 0 Å². The zero-order valence-electron chi connectivity index (χ0n) is 13.5. The first-order chi connectivity index (χ1) is 11.7.